The molecular weight excluding hydrogens is 336 g/mol. The van der Waals surface area contributed by atoms with Crippen molar-refractivity contribution in [3.05, 3.63) is 69.6 Å². The highest BCUT2D eigenvalue weighted by molar-refractivity contribution is 6.30. The lowest BCUT2D eigenvalue weighted by Crippen LogP contribution is -2.25. The maximum atomic E-state index is 12.8. The van der Waals surface area contributed by atoms with Gasteiger partial charge in [0, 0.05) is 10.7 Å². The van der Waals surface area contributed by atoms with Gasteiger partial charge in [0.15, 0.2) is 0 Å². The molecule has 0 N–H and O–H groups in total. The quantitative estimate of drug-likeness (QED) is 0.667. The number of halogens is 1. The van der Waals surface area contributed by atoms with Crippen molar-refractivity contribution < 1.29 is 4.74 Å². The summed E-state index contributed by atoms with van der Waals surface area (Å²) in [5, 5.41) is 0.666. The molecular formula is C20H21ClN2O2. The van der Waals surface area contributed by atoms with E-state index < -0.39 is 0 Å². The molecule has 4 nitrogen and oxygen atoms in total. The fraction of sp³-hybridized carbons (Fsp3) is 0.250. The number of nitrogens with zero attached hydrogens (tertiary/aromatic N) is 2. The molecule has 0 unspecified atom stereocenters. The number of aryl methyl sites for hydroxylation is 2. The van der Waals surface area contributed by atoms with Crippen LogP contribution in [0.2, 0.25) is 5.02 Å². The zero-order valence-corrected chi connectivity index (χ0v) is 15.4. The van der Waals surface area contributed by atoms with Gasteiger partial charge < -0.3 is 4.74 Å². The lowest BCUT2D eigenvalue weighted by molar-refractivity contribution is 0.298. The summed E-state index contributed by atoms with van der Waals surface area (Å²) >= 11 is 5.88. The average molecular weight is 357 g/mol. The van der Waals surface area contributed by atoms with Crippen LogP contribution in [-0.4, -0.2) is 15.7 Å². The van der Waals surface area contributed by atoms with Gasteiger partial charge in [-0.2, -0.15) is 0 Å². The van der Waals surface area contributed by atoms with Gasteiger partial charge in [-0.05, 0) is 68.3 Å². The van der Waals surface area contributed by atoms with E-state index in [2.05, 4.69) is 6.58 Å². The SMILES string of the molecule is C=C(C)n1c(=O)n(CCOc2ccc(Cl)cc2)c2cc(C)c(C)cc21. The van der Waals surface area contributed by atoms with E-state index in [1.165, 1.54) is 0 Å². The normalized spacial score (nSPS) is 11.0. The standard InChI is InChI=1S/C20H21ClN2O2/c1-13(2)23-19-12-15(4)14(3)11-18(19)22(20(23)24)9-10-25-17-7-5-16(21)6-8-17/h5-8,11-12H,1,9-10H2,2-4H3. The molecule has 5 heteroatoms. The Bertz CT molecular complexity index is 997. The van der Waals surface area contributed by atoms with Crippen molar-refractivity contribution in [2.75, 3.05) is 6.61 Å². The highest BCUT2D eigenvalue weighted by Crippen LogP contribution is 2.21. The fourth-order valence-electron chi connectivity index (χ4n) is 2.88. The molecule has 0 aliphatic rings. The summed E-state index contributed by atoms with van der Waals surface area (Å²) in [6.45, 7) is 10.7. The Morgan fingerprint density at radius 3 is 2.32 bits per heavy atom. The fourth-order valence-corrected chi connectivity index (χ4v) is 3.00. The second-order valence-corrected chi connectivity index (χ2v) is 6.67. The second-order valence-electron chi connectivity index (χ2n) is 6.23. The summed E-state index contributed by atoms with van der Waals surface area (Å²) in [4.78, 5) is 12.8. The molecule has 0 amide bonds. The molecule has 130 valence electrons. The van der Waals surface area contributed by atoms with Gasteiger partial charge in [0.05, 0.1) is 17.6 Å². The van der Waals surface area contributed by atoms with Crippen LogP contribution in [0, 0.1) is 13.8 Å². The van der Waals surface area contributed by atoms with E-state index in [0.29, 0.717) is 23.9 Å². The third kappa shape index (κ3) is 3.35. The predicted molar refractivity (Wildman–Crippen MR) is 104 cm³/mol. The lowest BCUT2D eigenvalue weighted by Gasteiger charge is -2.08. The van der Waals surface area contributed by atoms with E-state index in [4.69, 9.17) is 16.3 Å². The Kier molecular flexibility index (Phi) is 4.73. The largest absolute Gasteiger partial charge is 0.492 e. The highest BCUT2D eigenvalue weighted by Gasteiger charge is 2.15. The molecule has 0 radical (unpaired) electrons. The minimum Gasteiger partial charge on any atom is -0.492 e. The van der Waals surface area contributed by atoms with Gasteiger partial charge in [-0.3, -0.25) is 9.13 Å². The van der Waals surface area contributed by atoms with Gasteiger partial charge in [-0.25, -0.2) is 4.79 Å². The third-order valence-corrected chi connectivity index (χ3v) is 4.58. The molecule has 0 spiro atoms. The predicted octanol–water partition coefficient (Wildman–Crippen LogP) is 4.64. The van der Waals surface area contributed by atoms with Crippen molar-refractivity contribution in [3.8, 4) is 5.75 Å². The molecule has 0 fully saturated rings. The van der Waals surface area contributed by atoms with Gasteiger partial charge >= 0.3 is 5.69 Å². The molecule has 3 rings (SSSR count). The van der Waals surface area contributed by atoms with E-state index in [0.717, 1.165) is 27.9 Å². The van der Waals surface area contributed by atoms with E-state index in [9.17, 15) is 4.79 Å². The van der Waals surface area contributed by atoms with Gasteiger partial charge in [0.25, 0.3) is 0 Å². The molecule has 0 bridgehead atoms. The summed E-state index contributed by atoms with van der Waals surface area (Å²) < 4.78 is 9.14. The zero-order chi connectivity index (χ0) is 18.1. The van der Waals surface area contributed by atoms with Crippen molar-refractivity contribution >= 4 is 28.3 Å². The third-order valence-electron chi connectivity index (χ3n) is 4.32. The van der Waals surface area contributed by atoms with E-state index in [1.54, 1.807) is 21.3 Å². The number of rotatable bonds is 5. The summed E-state index contributed by atoms with van der Waals surface area (Å²) in [7, 11) is 0. The molecule has 3 aromatic rings. The molecule has 1 aromatic heterocycles. The number of hydrogen-bond donors (Lipinski definition) is 0. The zero-order valence-electron chi connectivity index (χ0n) is 14.7. The van der Waals surface area contributed by atoms with Gasteiger partial charge in [0.2, 0.25) is 0 Å². The number of imidazole rings is 1. The molecule has 0 aliphatic carbocycles. The Morgan fingerprint density at radius 2 is 1.72 bits per heavy atom. The lowest BCUT2D eigenvalue weighted by atomic mass is 10.1. The average Bonchev–Trinajstić information content (AvgIpc) is 2.81. The Hall–Kier alpha value is -2.46. The van der Waals surface area contributed by atoms with Crippen LogP contribution in [0.4, 0.5) is 0 Å². The van der Waals surface area contributed by atoms with E-state index >= 15 is 0 Å². The van der Waals surface area contributed by atoms with Gasteiger partial charge in [0.1, 0.15) is 12.4 Å². The smallest absolute Gasteiger partial charge is 0.333 e. The molecule has 1 heterocycles. The molecule has 25 heavy (non-hydrogen) atoms. The van der Waals surface area contributed by atoms with Gasteiger partial charge in [-0.15, -0.1) is 0 Å². The maximum Gasteiger partial charge on any atom is 0.333 e. The maximum absolute atomic E-state index is 12.8. The first-order valence-electron chi connectivity index (χ1n) is 8.15. The summed E-state index contributed by atoms with van der Waals surface area (Å²) in [6.07, 6.45) is 0. The van der Waals surface area contributed by atoms with E-state index in [-0.39, 0.29) is 5.69 Å². The summed E-state index contributed by atoms with van der Waals surface area (Å²) in [5.41, 5.74) is 4.70. The van der Waals surface area contributed by atoms with Crippen molar-refractivity contribution in [1.82, 2.24) is 9.13 Å². The van der Waals surface area contributed by atoms with Crippen LogP contribution in [0.3, 0.4) is 0 Å². The molecule has 0 atom stereocenters. The first-order valence-corrected chi connectivity index (χ1v) is 8.53. The van der Waals surface area contributed by atoms with Crippen LogP contribution < -0.4 is 10.4 Å². The van der Waals surface area contributed by atoms with Gasteiger partial charge in [-0.1, -0.05) is 18.2 Å². The van der Waals surface area contributed by atoms with Crippen LogP contribution in [0.5, 0.6) is 5.75 Å². The Labute approximate surface area is 151 Å². The van der Waals surface area contributed by atoms with Crippen molar-refractivity contribution in [2.24, 2.45) is 0 Å². The minimum atomic E-state index is -0.0905. The van der Waals surface area contributed by atoms with Crippen molar-refractivity contribution in [3.63, 3.8) is 0 Å². The number of ether oxygens (including phenoxy) is 1. The molecule has 2 aromatic carbocycles. The summed E-state index contributed by atoms with van der Waals surface area (Å²) in [5.74, 6) is 0.730. The second kappa shape index (κ2) is 6.81. The number of aromatic nitrogens is 2. The van der Waals surface area contributed by atoms with E-state index in [1.807, 2.05) is 45.0 Å². The van der Waals surface area contributed by atoms with Crippen LogP contribution in [0.15, 0.2) is 47.8 Å². The number of hydrogen-bond acceptors (Lipinski definition) is 2. The number of fused-ring (bicyclic) bond motifs is 1. The van der Waals surface area contributed by atoms with Crippen molar-refractivity contribution in [2.45, 2.75) is 27.3 Å². The number of allylic oxidation sites excluding steroid dienone is 1. The van der Waals surface area contributed by atoms with Crippen LogP contribution in [0.1, 0.15) is 18.1 Å². The van der Waals surface area contributed by atoms with Crippen LogP contribution in [0.25, 0.3) is 16.7 Å². The topological polar surface area (TPSA) is 36.2 Å². The Morgan fingerprint density at radius 1 is 1.12 bits per heavy atom. The number of benzene rings is 2. The first kappa shape index (κ1) is 17.4. The highest BCUT2D eigenvalue weighted by atomic mass is 35.5. The van der Waals surface area contributed by atoms with Crippen LogP contribution in [-0.2, 0) is 6.54 Å². The molecule has 0 aliphatic heterocycles. The first-order chi connectivity index (χ1) is 11.9. The van der Waals surface area contributed by atoms with Crippen molar-refractivity contribution in [1.29, 1.82) is 0 Å². The molecule has 0 saturated carbocycles. The Balaban J connectivity index is 1.94. The summed E-state index contributed by atoms with van der Waals surface area (Å²) in [6, 6.07) is 11.3. The monoisotopic (exact) mass is 356 g/mol. The minimum absolute atomic E-state index is 0.0905. The molecule has 0 saturated heterocycles. The van der Waals surface area contributed by atoms with Crippen LogP contribution >= 0.6 is 11.6 Å².